The molecule has 0 aliphatic heterocycles. The molecule has 1 heterocycles. The quantitative estimate of drug-likeness (QED) is 0.672. The number of pyridine rings is 1. The van der Waals surface area contributed by atoms with Gasteiger partial charge in [0.1, 0.15) is 5.15 Å². The van der Waals surface area contributed by atoms with E-state index < -0.39 is 0 Å². The Morgan fingerprint density at radius 1 is 1.00 bits per heavy atom. The van der Waals surface area contributed by atoms with Crippen molar-refractivity contribution in [2.75, 3.05) is 0 Å². The summed E-state index contributed by atoms with van der Waals surface area (Å²) in [5, 5.41) is 1.28. The van der Waals surface area contributed by atoms with Crippen LogP contribution in [0.2, 0.25) is 10.2 Å². The van der Waals surface area contributed by atoms with E-state index in [0.29, 0.717) is 5.15 Å². The Kier molecular flexibility index (Phi) is 2.94. The summed E-state index contributed by atoms with van der Waals surface area (Å²) in [7, 11) is 0. The minimum atomic E-state index is 0.549. The summed E-state index contributed by atoms with van der Waals surface area (Å²) in [6.45, 7) is 1.94. The zero-order valence-corrected chi connectivity index (χ0v) is 9.68. The molecule has 0 unspecified atom stereocenters. The van der Waals surface area contributed by atoms with Gasteiger partial charge < -0.3 is 0 Å². The molecule has 0 aliphatic rings. The maximum absolute atomic E-state index is 5.86. The van der Waals surface area contributed by atoms with E-state index in [0.717, 1.165) is 21.7 Å². The first-order valence-corrected chi connectivity index (χ1v) is 5.30. The third-order valence-corrected chi connectivity index (χ3v) is 2.84. The Morgan fingerprint density at radius 3 is 2.27 bits per heavy atom. The molecule has 0 fully saturated rings. The number of hydrogen-bond donors (Lipinski definition) is 0. The fraction of sp³-hybridized carbons (Fsp3) is 0.0833. The SMILES string of the molecule is Cc1cc(-c2ccc(Cl)cc2)cnc1Cl. The summed E-state index contributed by atoms with van der Waals surface area (Å²) in [5.74, 6) is 0. The number of nitrogens with zero attached hydrogens (tertiary/aromatic N) is 1. The van der Waals surface area contributed by atoms with E-state index in [1.54, 1.807) is 6.20 Å². The van der Waals surface area contributed by atoms with E-state index in [2.05, 4.69) is 4.98 Å². The maximum atomic E-state index is 5.86. The highest BCUT2D eigenvalue weighted by Gasteiger charge is 2.01. The lowest BCUT2D eigenvalue weighted by atomic mass is 10.1. The summed E-state index contributed by atoms with van der Waals surface area (Å²) >= 11 is 11.7. The van der Waals surface area contributed by atoms with Crippen molar-refractivity contribution in [3.8, 4) is 11.1 Å². The van der Waals surface area contributed by atoms with Gasteiger partial charge in [-0.15, -0.1) is 0 Å². The predicted molar refractivity (Wildman–Crippen MR) is 64.4 cm³/mol. The summed E-state index contributed by atoms with van der Waals surface area (Å²) in [5.41, 5.74) is 3.12. The second-order valence-electron chi connectivity index (χ2n) is 3.34. The Hall–Kier alpha value is -1.05. The Labute approximate surface area is 98.7 Å². The summed E-state index contributed by atoms with van der Waals surface area (Å²) in [6.07, 6.45) is 1.76. The van der Waals surface area contributed by atoms with Crippen molar-refractivity contribution in [3.63, 3.8) is 0 Å². The molecule has 0 saturated heterocycles. The molecule has 0 bridgehead atoms. The second-order valence-corrected chi connectivity index (χ2v) is 4.13. The molecule has 0 amide bonds. The highest BCUT2D eigenvalue weighted by Crippen LogP contribution is 2.23. The number of hydrogen-bond acceptors (Lipinski definition) is 1. The molecule has 1 nitrogen and oxygen atoms in total. The van der Waals surface area contributed by atoms with Crippen LogP contribution in [0.15, 0.2) is 36.5 Å². The van der Waals surface area contributed by atoms with Crippen molar-refractivity contribution < 1.29 is 0 Å². The van der Waals surface area contributed by atoms with Crippen molar-refractivity contribution in [2.45, 2.75) is 6.92 Å². The van der Waals surface area contributed by atoms with Gasteiger partial charge in [-0.2, -0.15) is 0 Å². The Balaban J connectivity index is 2.45. The smallest absolute Gasteiger partial charge is 0.131 e. The standard InChI is InChI=1S/C12H9Cl2N/c1-8-6-10(7-15-12(8)14)9-2-4-11(13)5-3-9/h2-7H,1H3. The molecule has 0 atom stereocenters. The van der Waals surface area contributed by atoms with E-state index in [9.17, 15) is 0 Å². The largest absolute Gasteiger partial charge is 0.244 e. The van der Waals surface area contributed by atoms with Gasteiger partial charge in [0, 0.05) is 16.8 Å². The van der Waals surface area contributed by atoms with Gasteiger partial charge in [0.25, 0.3) is 0 Å². The minimum absolute atomic E-state index is 0.549. The number of rotatable bonds is 1. The molecular weight excluding hydrogens is 229 g/mol. The van der Waals surface area contributed by atoms with Crippen LogP contribution in [-0.2, 0) is 0 Å². The fourth-order valence-electron chi connectivity index (χ4n) is 1.36. The van der Waals surface area contributed by atoms with Gasteiger partial charge >= 0.3 is 0 Å². The molecule has 0 N–H and O–H groups in total. The van der Waals surface area contributed by atoms with Gasteiger partial charge in [-0.25, -0.2) is 4.98 Å². The van der Waals surface area contributed by atoms with Crippen molar-refractivity contribution in [3.05, 3.63) is 52.3 Å². The number of aromatic nitrogens is 1. The fourth-order valence-corrected chi connectivity index (χ4v) is 1.59. The zero-order valence-electron chi connectivity index (χ0n) is 8.17. The Morgan fingerprint density at radius 2 is 1.67 bits per heavy atom. The molecule has 0 radical (unpaired) electrons. The number of aryl methyl sites for hydroxylation is 1. The highest BCUT2D eigenvalue weighted by molar-refractivity contribution is 6.30. The van der Waals surface area contributed by atoms with Crippen LogP contribution in [-0.4, -0.2) is 4.98 Å². The van der Waals surface area contributed by atoms with Crippen molar-refractivity contribution in [1.29, 1.82) is 0 Å². The molecule has 2 rings (SSSR count). The van der Waals surface area contributed by atoms with Gasteiger partial charge in [0.05, 0.1) is 0 Å². The van der Waals surface area contributed by atoms with Crippen molar-refractivity contribution in [2.24, 2.45) is 0 Å². The number of halogens is 2. The van der Waals surface area contributed by atoms with E-state index in [1.807, 2.05) is 37.3 Å². The molecule has 1 aromatic heterocycles. The molecule has 15 heavy (non-hydrogen) atoms. The van der Waals surface area contributed by atoms with Crippen LogP contribution in [0.1, 0.15) is 5.56 Å². The first-order valence-electron chi connectivity index (χ1n) is 4.55. The third-order valence-electron chi connectivity index (χ3n) is 2.19. The van der Waals surface area contributed by atoms with E-state index in [4.69, 9.17) is 23.2 Å². The van der Waals surface area contributed by atoms with Crippen LogP contribution < -0.4 is 0 Å². The van der Waals surface area contributed by atoms with Crippen LogP contribution in [0, 0.1) is 6.92 Å². The van der Waals surface area contributed by atoms with E-state index in [1.165, 1.54) is 0 Å². The molecule has 76 valence electrons. The van der Waals surface area contributed by atoms with Gasteiger partial charge in [-0.1, -0.05) is 35.3 Å². The van der Waals surface area contributed by atoms with Gasteiger partial charge in [0.15, 0.2) is 0 Å². The lowest BCUT2D eigenvalue weighted by Gasteiger charge is -2.03. The predicted octanol–water partition coefficient (Wildman–Crippen LogP) is 4.36. The lowest BCUT2D eigenvalue weighted by molar-refractivity contribution is 1.27. The summed E-state index contributed by atoms with van der Waals surface area (Å²) in [6, 6.07) is 9.67. The maximum Gasteiger partial charge on any atom is 0.131 e. The van der Waals surface area contributed by atoms with Gasteiger partial charge in [-0.3, -0.25) is 0 Å². The van der Waals surface area contributed by atoms with E-state index in [-0.39, 0.29) is 0 Å². The molecule has 0 saturated carbocycles. The van der Waals surface area contributed by atoms with Crippen LogP contribution in [0.4, 0.5) is 0 Å². The minimum Gasteiger partial charge on any atom is -0.244 e. The average molecular weight is 238 g/mol. The average Bonchev–Trinajstić information content (AvgIpc) is 2.23. The third kappa shape index (κ3) is 2.31. The molecule has 3 heteroatoms. The van der Waals surface area contributed by atoms with Crippen molar-refractivity contribution in [1.82, 2.24) is 4.98 Å². The lowest BCUT2D eigenvalue weighted by Crippen LogP contribution is -1.84. The molecule has 0 spiro atoms. The van der Waals surface area contributed by atoms with Gasteiger partial charge in [0.2, 0.25) is 0 Å². The van der Waals surface area contributed by atoms with Crippen LogP contribution in [0.3, 0.4) is 0 Å². The zero-order chi connectivity index (χ0) is 10.8. The Bertz CT molecular complexity index is 477. The summed E-state index contributed by atoms with van der Waals surface area (Å²) in [4.78, 5) is 4.11. The van der Waals surface area contributed by atoms with Crippen LogP contribution in [0.25, 0.3) is 11.1 Å². The summed E-state index contributed by atoms with van der Waals surface area (Å²) < 4.78 is 0. The van der Waals surface area contributed by atoms with Gasteiger partial charge in [-0.05, 0) is 36.2 Å². The second kappa shape index (κ2) is 4.21. The normalized spacial score (nSPS) is 10.3. The number of benzene rings is 1. The molecule has 2 aromatic rings. The molecule has 1 aromatic carbocycles. The first-order chi connectivity index (χ1) is 7.16. The highest BCUT2D eigenvalue weighted by atomic mass is 35.5. The van der Waals surface area contributed by atoms with Crippen molar-refractivity contribution >= 4 is 23.2 Å². The molecular formula is C12H9Cl2N. The topological polar surface area (TPSA) is 12.9 Å². The monoisotopic (exact) mass is 237 g/mol. The van der Waals surface area contributed by atoms with Crippen LogP contribution in [0.5, 0.6) is 0 Å². The molecule has 0 aliphatic carbocycles. The van der Waals surface area contributed by atoms with E-state index >= 15 is 0 Å². The van der Waals surface area contributed by atoms with Crippen LogP contribution >= 0.6 is 23.2 Å². The first kappa shape index (κ1) is 10.5.